The Morgan fingerprint density at radius 2 is 2.00 bits per heavy atom. The van der Waals surface area contributed by atoms with Crippen LogP contribution >= 0.6 is 0 Å². The van der Waals surface area contributed by atoms with Crippen LogP contribution < -0.4 is 0 Å². The first-order chi connectivity index (χ1) is 7.18. The minimum Gasteiger partial charge on any atom is -0.395 e. The zero-order valence-electron chi connectivity index (χ0n) is 10.1. The molecule has 88 valence electrons. The van der Waals surface area contributed by atoms with E-state index in [0.29, 0.717) is 18.2 Å². The van der Waals surface area contributed by atoms with E-state index in [1.54, 1.807) is 0 Å². The summed E-state index contributed by atoms with van der Waals surface area (Å²) in [6, 6.07) is 0.675. The molecule has 2 aliphatic heterocycles. The highest BCUT2D eigenvalue weighted by Crippen LogP contribution is 2.37. The fraction of sp³-hybridized carbons (Fsp3) is 1.00. The van der Waals surface area contributed by atoms with Crippen LogP contribution in [0.5, 0.6) is 0 Å². The van der Waals surface area contributed by atoms with Crippen molar-refractivity contribution in [3.63, 3.8) is 0 Å². The molecule has 0 bridgehead atoms. The number of likely N-dealkylation sites (tertiary alicyclic amines) is 2. The van der Waals surface area contributed by atoms with Gasteiger partial charge in [-0.3, -0.25) is 9.80 Å². The van der Waals surface area contributed by atoms with Crippen LogP contribution in [0.15, 0.2) is 0 Å². The summed E-state index contributed by atoms with van der Waals surface area (Å²) in [6.07, 6.45) is 4.01. The first-order valence-corrected chi connectivity index (χ1v) is 6.28. The third-order valence-corrected chi connectivity index (χ3v) is 4.09. The molecule has 15 heavy (non-hydrogen) atoms. The van der Waals surface area contributed by atoms with Crippen molar-refractivity contribution in [1.82, 2.24) is 9.80 Å². The third-order valence-electron chi connectivity index (χ3n) is 4.09. The topological polar surface area (TPSA) is 26.7 Å². The fourth-order valence-electron chi connectivity index (χ4n) is 3.05. The molecular weight excluding hydrogens is 188 g/mol. The predicted octanol–water partition coefficient (Wildman–Crippen LogP) is 0.927. The number of hydrogen-bond acceptors (Lipinski definition) is 3. The minimum atomic E-state index is 0.309. The van der Waals surface area contributed by atoms with Gasteiger partial charge in [-0.25, -0.2) is 0 Å². The van der Waals surface area contributed by atoms with Gasteiger partial charge >= 0.3 is 0 Å². The van der Waals surface area contributed by atoms with E-state index in [2.05, 4.69) is 23.6 Å². The average molecular weight is 212 g/mol. The molecule has 2 aliphatic rings. The van der Waals surface area contributed by atoms with E-state index in [0.717, 1.165) is 6.54 Å². The predicted molar refractivity (Wildman–Crippen MR) is 61.9 cm³/mol. The molecule has 2 heterocycles. The second-order valence-electron chi connectivity index (χ2n) is 5.39. The number of aliphatic hydroxyl groups is 1. The molecular formula is C12H24N2O. The molecule has 0 radical (unpaired) electrons. The minimum absolute atomic E-state index is 0.309. The highest BCUT2D eigenvalue weighted by atomic mass is 16.3. The van der Waals surface area contributed by atoms with Gasteiger partial charge in [-0.2, -0.15) is 0 Å². The summed E-state index contributed by atoms with van der Waals surface area (Å²) in [6.45, 7) is 9.33. The van der Waals surface area contributed by atoms with Crippen molar-refractivity contribution in [3.8, 4) is 0 Å². The van der Waals surface area contributed by atoms with Crippen molar-refractivity contribution in [1.29, 1.82) is 0 Å². The molecule has 2 saturated heterocycles. The van der Waals surface area contributed by atoms with E-state index in [1.165, 1.54) is 38.9 Å². The Kier molecular flexibility index (Phi) is 3.33. The summed E-state index contributed by atoms with van der Waals surface area (Å²) in [4.78, 5) is 5.06. The first-order valence-electron chi connectivity index (χ1n) is 6.28. The van der Waals surface area contributed by atoms with Crippen molar-refractivity contribution >= 4 is 0 Å². The Morgan fingerprint density at radius 1 is 1.27 bits per heavy atom. The molecule has 0 aliphatic carbocycles. The molecule has 1 N–H and O–H groups in total. The summed E-state index contributed by atoms with van der Waals surface area (Å²) < 4.78 is 0. The van der Waals surface area contributed by atoms with Crippen LogP contribution in [0.2, 0.25) is 0 Å². The maximum absolute atomic E-state index is 9.09. The van der Waals surface area contributed by atoms with Gasteiger partial charge in [0.05, 0.1) is 6.61 Å². The van der Waals surface area contributed by atoms with Gasteiger partial charge in [-0.1, -0.05) is 6.42 Å². The van der Waals surface area contributed by atoms with Gasteiger partial charge in [0.15, 0.2) is 0 Å². The van der Waals surface area contributed by atoms with E-state index >= 15 is 0 Å². The Labute approximate surface area is 93.1 Å². The monoisotopic (exact) mass is 212 g/mol. The largest absolute Gasteiger partial charge is 0.395 e. The normalized spacial score (nSPS) is 27.2. The lowest BCUT2D eigenvalue weighted by Crippen LogP contribution is -2.72. The summed E-state index contributed by atoms with van der Waals surface area (Å²) in [5.74, 6) is 0. The molecule has 0 unspecified atom stereocenters. The zero-order chi connectivity index (χ0) is 10.9. The number of β-amino-alcohol motifs (C(OH)–C–C–N with tert-alkyl or cyclic N) is 1. The fourth-order valence-corrected chi connectivity index (χ4v) is 3.05. The Hall–Kier alpha value is -0.120. The maximum atomic E-state index is 9.09. The van der Waals surface area contributed by atoms with Crippen LogP contribution in [0.1, 0.15) is 33.1 Å². The lowest BCUT2D eigenvalue weighted by atomic mass is 9.79. The second-order valence-corrected chi connectivity index (χ2v) is 5.39. The van der Waals surface area contributed by atoms with Crippen molar-refractivity contribution < 1.29 is 5.11 Å². The second kappa shape index (κ2) is 4.40. The first kappa shape index (κ1) is 11.4. The van der Waals surface area contributed by atoms with Crippen molar-refractivity contribution in [2.24, 2.45) is 0 Å². The van der Waals surface area contributed by atoms with Crippen molar-refractivity contribution in [2.75, 3.05) is 32.8 Å². The van der Waals surface area contributed by atoms with Gasteiger partial charge in [0.2, 0.25) is 0 Å². The number of rotatable bonds is 3. The molecule has 2 fully saturated rings. The number of nitrogens with zero attached hydrogens (tertiary/aromatic N) is 2. The van der Waals surface area contributed by atoms with E-state index in [4.69, 9.17) is 5.11 Å². The molecule has 1 spiro atoms. The van der Waals surface area contributed by atoms with E-state index in [9.17, 15) is 0 Å². The lowest BCUT2D eigenvalue weighted by molar-refractivity contribution is -0.0937. The van der Waals surface area contributed by atoms with Gasteiger partial charge in [-0.05, 0) is 33.2 Å². The van der Waals surface area contributed by atoms with Crippen molar-refractivity contribution in [3.05, 3.63) is 0 Å². The quantitative estimate of drug-likeness (QED) is 0.754. The molecule has 3 heteroatoms. The molecule has 2 rings (SSSR count). The van der Waals surface area contributed by atoms with Crippen LogP contribution in [0.25, 0.3) is 0 Å². The average Bonchev–Trinajstić information content (AvgIpc) is 2.15. The van der Waals surface area contributed by atoms with Crippen LogP contribution in [0.3, 0.4) is 0 Å². The number of aliphatic hydroxyl groups excluding tert-OH is 1. The van der Waals surface area contributed by atoms with Gasteiger partial charge in [0, 0.05) is 31.2 Å². The highest BCUT2D eigenvalue weighted by Gasteiger charge is 2.48. The smallest absolute Gasteiger partial charge is 0.0558 e. The molecule has 0 aromatic heterocycles. The highest BCUT2D eigenvalue weighted by molar-refractivity contribution is 5.06. The van der Waals surface area contributed by atoms with Crippen LogP contribution in [-0.4, -0.2) is 59.3 Å². The Balaban J connectivity index is 1.94. The summed E-state index contributed by atoms with van der Waals surface area (Å²) in [5.41, 5.74) is 0.422. The summed E-state index contributed by atoms with van der Waals surface area (Å²) in [5, 5.41) is 9.09. The standard InChI is InChI=1S/C12H24N2O/c1-11(2)13-9-12(10-13)5-3-4-6-14(12)7-8-15/h11,15H,3-10H2,1-2H3. The maximum Gasteiger partial charge on any atom is 0.0558 e. The number of piperidine rings is 1. The van der Waals surface area contributed by atoms with Crippen LogP contribution in [-0.2, 0) is 0 Å². The van der Waals surface area contributed by atoms with Crippen LogP contribution in [0, 0.1) is 0 Å². The Bertz CT molecular complexity index is 210. The number of hydrogen-bond donors (Lipinski definition) is 1. The zero-order valence-corrected chi connectivity index (χ0v) is 10.1. The van der Waals surface area contributed by atoms with Crippen LogP contribution in [0.4, 0.5) is 0 Å². The molecule has 0 aromatic carbocycles. The summed E-state index contributed by atoms with van der Waals surface area (Å²) >= 11 is 0. The molecule has 3 nitrogen and oxygen atoms in total. The SMILES string of the molecule is CC(C)N1CC2(CCCCN2CCO)C1. The third kappa shape index (κ3) is 2.05. The van der Waals surface area contributed by atoms with Gasteiger partial charge in [0.1, 0.15) is 0 Å². The van der Waals surface area contributed by atoms with Crippen molar-refractivity contribution in [2.45, 2.75) is 44.7 Å². The van der Waals surface area contributed by atoms with E-state index < -0.39 is 0 Å². The van der Waals surface area contributed by atoms with E-state index in [-0.39, 0.29) is 0 Å². The van der Waals surface area contributed by atoms with Gasteiger partial charge in [0.25, 0.3) is 0 Å². The molecule has 0 amide bonds. The molecule has 0 saturated carbocycles. The Morgan fingerprint density at radius 3 is 2.60 bits per heavy atom. The van der Waals surface area contributed by atoms with Gasteiger partial charge < -0.3 is 5.11 Å². The van der Waals surface area contributed by atoms with Gasteiger partial charge in [-0.15, -0.1) is 0 Å². The van der Waals surface area contributed by atoms with E-state index in [1.807, 2.05) is 0 Å². The summed E-state index contributed by atoms with van der Waals surface area (Å²) in [7, 11) is 0. The molecule has 0 atom stereocenters. The lowest BCUT2D eigenvalue weighted by Gasteiger charge is -2.59. The molecule has 0 aromatic rings.